The zero-order valence-corrected chi connectivity index (χ0v) is 13.7. The summed E-state index contributed by atoms with van der Waals surface area (Å²) >= 11 is 0. The zero-order valence-electron chi connectivity index (χ0n) is 13.7. The second-order valence-corrected chi connectivity index (χ2v) is 5.35. The lowest BCUT2D eigenvalue weighted by molar-refractivity contribution is -0.123. The third-order valence-electron chi connectivity index (χ3n) is 3.28. The summed E-state index contributed by atoms with van der Waals surface area (Å²) < 4.78 is 11.2. The molecule has 0 saturated carbocycles. The molecule has 4 nitrogen and oxygen atoms in total. The molecular formula is C19H23NO3. The minimum Gasteiger partial charge on any atom is -0.490 e. The van der Waals surface area contributed by atoms with Gasteiger partial charge in [-0.2, -0.15) is 0 Å². The molecule has 0 spiro atoms. The summed E-state index contributed by atoms with van der Waals surface area (Å²) in [7, 11) is 0. The van der Waals surface area contributed by atoms with Crippen LogP contribution in [0.5, 0.6) is 11.5 Å². The molecule has 0 radical (unpaired) electrons. The van der Waals surface area contributed by atoms with Crippen LogP contribution < -0.4 is 14.8 Å². The molecule has 2 rings (SSSR count). The van der Waals surface area contributed by atoms with Crippen LogP contribution in [0.1, 0.15) is 24.5 Å². The number of para-hydroxylation sites is 2. The van der Waals surface area contributed by atoms with E-state index in [1.165, 1.54) is 5.56 Å². The maximum absolute atomic E-state index is 11.9. The predicted molar refractivity (Wildman–Crippen MR) is 90.7 cm³/mol. The number of hydrogen-bond donors (Lipinski definition) is 1. The maximum Gasteiger partial charge on any atom is 0.258 e. The second-order valence-electron chi connectivity index (χ2n) is 5.35. The Bertz CT molecular complexity index is 623. The van der Waals surface area contributed by atoms with E-state index in [9.17, 15) is 4.79 Å². The Labute approximate surface area is 137 Å². The third-order valence-corrected chi connectivity index (χ3v) is 3.28. The first-order valence-electron chi connectivity index (χ1n) is 7.86. The van der Waals surface area contributed by atoms with Gasteiger partial charge in [0.05, 0.1) is 6.61 Å². The third kappa shape index (κ3) is 5.66. The highest BCUT2D eigenvalue weighted by Crippen LogP contribution is 2.26. The summed E-state index contributed by atoms with van der Waals surface area (Å²) in [6.45, 7) is 5.17. The first kappa shape index (κ1) is 16.9. The van der Waals surface area contributed by atoms with Gasteiger partial charge in [-0.15, -0.1) is 0 Å². The van der Waals surface area contributed by atoms with Crippen LogP contribution in [-0.2, 0) is 11.3 Å². The van der Waals surface area contributed by atoms with Gasteiger partial charge in [0.25, 0.3) is 5.91 Å². The quantitative estimate of drug-likeness (QED) is 0.811. The van der Waals surface area contributed by atoms with Crippen molar-refractivity contribution < 1.29 is 14.3 Å². The summed E-state index contributed by atoms with van der Waals surface area (Å²) in [5.41, 5.74) is 2.27. The number of aryl methyl sites for hydroxylation is 1. The highest BCUT2D eigenvalue weighted by molar-refractivity contribution is 5.77. The van der Waals surface area contributed by atoms with Gasteiger partial charge in [0.2, 0.25) is 0 Å². The summed E-state index contributed by atoms with van der Waals surface area (Å²) in [5, 5.41) is 2.85. The Balaban J connectivity index is 1.81. The van der Waals surface area contributed by atoms with Gasteiger partial charge in [0, 0.05) is 6.54 Å². The van der Waals surface area contributed by atoms with Crippen molar-refractivity contribution in [3.05, 3.63) is 59.7 Å². The van der Waals surface area contributed by atoms with Gasteiger partial charge in [-0.1, -0.05) is 48.9 Å². The van der Waals surface area contributed by atoms with Crippen LogP contribution in [0.25, 0.3) is 0 Å². The molecule has 0 unspecified atom stereocenters. The first-order chi connectivity index (χ1) is 11.2. The molecule has 23 heavy (non-hydrogen) atoms. The highest BCUT2D eigenvalue weighted by atomic mass is 16.5. The minimum atomic E-state index is -0.157. The molecular weight excluding hydrogens is 290 g/mol. The van der Waals surface area contributed by atoms with Crippen LogP contribution in [0.3, 0.4) is 0 Å². The van der Waals surface area contributed by atoms with E-state index in [-0.39, 0.29) is 12.5 Å². The van der Waals surface area contributed by atoms with Gasteiger partial charge in [0.15, 0.2) is 18.1 Å². The fourth-order valence-corrected chi connectivity index (χ4v) is 2.00. The van der Waals surface area contributed by atoms with Crippen molar-refractivity contribution in [1.29, 1.82) is 0 Å². The van der Waals surface area contributed by atoms with E-state index < -0.39 is 0 Å². The number of amides is 1. The largest absolute Gasteiger partial charge is 0.490 e. The lowest BCUT2D eigenvalue weighted by atomic mass is 10.1. The molecule has 2 aromatic carbocycles. The smallest absolute Gasteiger partial charge is 0.258 e. The van der Waals surface area contributed by atoms with E-state index in [4.69, 9.17) is 9.47 Å². The molecule has 4 heteroatoms. The first-order valence-corrected chi connectivity index (χ1v) is 7.86. The highest BCUT2D eigenvalue weighted by Gasteiger charge is 2.07. The van der Waals surface area contributed by atoms with E-state index in [0.29, 0.717) is 24.7 Å². The standard InChI is InChI=1S/C19H23NO3/c1-3-12-22-17-6-4-5-7-18(17)23-14-19(21)20-13-16-10-8-15(2)9-11-16/h4-11H,3,12-14H2,1-2H3,(H,20,21). The van der Waals surface area contributed by atoms with Crippen molar-refractivity contribution >= 4 is 5.91 Å². The van der Waals surface area contributed by atoms with Crippen molar-refractivity contribution in [3.8, 4) is 11.5 Å². The molecule has 0 aromatic heterocycles. The van der Waals surface area contributed by atoms with Crippen LogP contribution >= 0.6 is 0 Å². The molecule has 0 aliphatic heterocycles. The fraction of sp³-hybridized carbons (Fsp3) is 0.316. The lowest BCUT2D eigenvalue weighted by Crippen LogP contribution is -2.28. The molecule has 122 valence electrons. The number of carbonyl (C=O) groups is 1. The monoisotopic (exact) mass is 313 g/mol. The van der Waals surface area contributed by atoms with Crippen molar-refractivity contribution in [2.45, 2.75) is 26.8 Å². The summed E-state index contributed by atoms with van der Waals surface area (Å²) in [5.74, 6) is 1.10. The number of carbonyl (C=O) groups excluding carboxylic acids is 1. The van der Waals surface area contributed by atoms with E-state index in [0.717, 1.165) is 12.0 Å². The number of ether oxygens (including phenoxy) is 2. The van der Waals surface area contributed by atoms with E-state index in [1.807, 2.05) is 56.3 Å². The maximum atomic E-state index is 11.9. The molecule has 1 N–H and O–H groups in total. The molecule has 1 amide bonds. The van der Waals surface area contributed by atoms with Gasteiger partial charge in [-0.25, -0.2) is 0 Å². The Morgan fingerprint density at radius 1 is 1.00 bits per heavy atom. The Hall–Kier alpha value is -2.49. The Kier molecular flexibility index (Phi) is 6.48. The number of nitrogens with one attached hydrogen (secondary N) is 1. The van der Waals surface area contributed by atoms with Crippen molar-refractivity contribution in [2.75, 3.05) is 13.2 Å². The normalized spacial score (nSPS) is 10.2. The van der Waals surface area contributed by atoms with Gasteiger partial charge in [0.1, 0.15) is 0 Å². The van der Waals surface area contributed by atoms with E-state index in [1.54, 1.807) is 6.07 Å². The Morgan fingerprint density at radius 3 is 2.30 bits per heavy atom. The number of rotatable bonds is 8. The van der Waals surface area contributed by atoms with E-state index in [2.05, 4.69) is 5.32 Å². The topological polar surface area (TPSA) is 47.6 Å². The number of benzene rings is 2. The lowest BCUT2D eigenvalue weighted by Gasteiger charge is -2.12. The van der Waals surface area contributed by atoms with Gasteiger partial charge >= 0.3 is 0 Å². The summed E-state index contributed by atoms with van der Waals surface area (Å²) in [4.78, 5) is 11.9. The summed E-state index contributed by atoms with van der Waals surface area (Å²) in [6.07, 6.45) is 0.922. The molecule has 0 aliphatic carbocycles. The van der Waals surface area contributed by atoms with Crippen molar-refractivity contribution in [3.63, 3.8) is 0 Å². The van der Waals surface area contributed by atoms with Crippen LogP contribution in [0.15, 0.2) is 48.5 Å². The SMILES string of the molecule is CCCOc1ccccc1OCC(=O)NCc1ccc(C)cc1. The molecule has 0 bridgehead atoms. The van der Waals surface area contributed by atoms with Crippen molar-refractivity contribution in [2.24, 2.45) is 0 Å². The fourth-order valence-electron chi connectivity index (χ4n) is 2.00. The van der Waals surface area contributed by atoms with Gasteiger partial charge in [-0.3, -0.25) is 4.79 Å². The molecule has 2 aromatic rings. The van der Waals surface area contributed by atoms with Crippen LogP contribution in [0, 0.1) is 6.92 Å². The van der Waals surface area contributed by atoms with Crippen LogP contribution in [0.2, 0.25) is 0 Å². The predicted octanol–water partition coefficient (Wildman–Crippen LogP) is 3.48. The van der Waals surface area contributed by atoms with Crippen molar-refractivity contribution in [1.82, 2.24) is 5.32 Å². The Morgan fingerprint density at radius 2 is 1.65 bits per heavy atom. The molecule has 0 fully saturated rings. The average Bonchev–Trinajstić information content (AvgIpc) is 2.58. The molecule has 0 saturated heterocycles. The summed E-state index contributed by atoms with van der Waals surface area (Å²) in [6, 6.07) is 15.5. The zero-order chi connectivity index (χ0) is 16.5. The molecule has 0 atom stereocenters. The molecule has 0 heterocycles. The number of hydrogen-bond acceptors (Lipinski definition) is 3. The van der Waals surface area contributed by atoms with Gasteiger partial charge in [-0.05, 0) is 31.0 Å². The van der Waals surface area contributed by atoms with Crippen LogP contribution in [0.4, 0.5) is 0 Å². The second kappa shape index (κ2) is 8.83. The van der Waals surface area contributed by atoms with Gasteiger partial charge < -0.3 is 14.8 Å². The van der Waals surface area contributed by atoms with E-state index >= 15 is 0 Å². The molecule has 0 aliphatic rings. The minimum absolute atomic E-state index is 0.0294. The average molecular weight is 313 g/mol. The van der Waals surface area contributed by atoms with Crippen LogP contribution in [-0.4, -0.2) is 19.1 Å².